The summed E-state index contributed by atoms with van der Waals surface area (Å²) in [6.07, 6.45) is 0. The summed E-state index contributed by atoms with van der Waals surface area (Å²) in [6.45, 7) is 5.47. The summed E-state index contributed by atoms with van der Waals surface area (Å²) >= 11 is 8.55. The molecule has 31 heavy (non-hydrogen) atoms. The lowest BCUT2D eigenvalue weighted by molar-refractivity contribution is -0.128. The molecule has 162 valence electrons. The van der Waals surface area contributed by atoms with E-state index in [1.807, 2.05) is 26.8 Å². The first-order chi connectivity index (χ1) is 14.6. The molecule has 0 spiro atoms. The summed E-state index contributed by atoms with van der Waals surface area (Å²) in [4.78, 5) is 42.2. The molecule has 3 aromatic rings. The van der Waals surface area contributed by atoms with Gasteiger partial charge in [-0.05, 0) is 24.3 Å². The molecule has 0 radical (unpaired) electrons. The quantitative estimate of drug-likeness (QED) is 0.373. The lowest BCUT2D eigenvalue weighted by Crippen LogP contribution is -2.34. The highest BCUT2D eigenvalue weighted by atomic mass is 35.5. The van der Waals surface area contributed by atoms with Crippen LogP contribution in [0, 0.1) is 5.41 Å². The van der Waals surface area contributed by atoms with Gasteiger partial charge in [0.1, 0.15) is 5.01 Å². The maximum atomic E-state index is 12.4. The summed E-state index contributed by atoms with van der Waals surface area (Å²) in [5.74, 6) is -1.03. The van der Waals surface area contributed by atoms with E-state index in [0.29, 0.717) is 21.5 Å². The second kappa shape index (κ2) is 9.72. The fraction of sp³-hybridized carbons (Fsp3) is 0.273. The van der Waals surface area contributed by atoms with Gasteiger partial charge in [-0.15, -0.1) is 22.7 Å². The molecule has 6 nitrogen and oxygen atoms in total. The van der Waals surface area contributed by atoms with Gasteiger partial charge in [-0.2, -0.15) is 0 Å². The number of nitrogens with zero attached hydrogens (tertiary/aromatic N) is 1. The monoisotopic (exact) mass is 476 g/mol. The van der Waals surface area contributed by atoms with Crippen molar-refractivity contribution in [1.29, 1.82) is 0 Å². The van der Waals surface area contributed by atoms with E-state index in [9.17, 15) is 14.4 Å². The summed E-state index contributed by atoms with van der Waals surface area (Å²) in [5, 5.41) is 5.65. The molecule has 0 aliphatic heterocycles. The van der Waals surface area contributed by atoms with Gasteiger partial charge in [0.2, 0.25) is 11.7 Å². The number of thiazole rings is 1. The third-order valence-corrected chi connectivity index (χ3v) is 6.41. The molecule has 0 unspecified atom stereocenters. The zero-order valence-electron chi connectivity index (χ0n) is 17.2. The van der Waals surface area contributed by atoms with Crippen LogP contribution >= 0.6 is 34.3 Å². The Labute approximate surface area is 193 Å². The number of ether oxygens (including phenoxy) is 1. The van der Waals surface area contributed by atoms with Gasteiger partial charge in [-0.1, -0.05) is 44.5 Å². The van der Waals surface area contributed by atoms with Crippen molar-refractivity contribution in [3.8, 4) is 10.6 Å². The molecule has 1 amide bonds. The number of hydrogen-bond acceptors (Lipinski definition) is 7. The number of Topliss-reactive ketones (excluding diaryl/α,β-unsaturated/α-hetero) is 1. The van der Waals surface area contributed by atoms with Gasteiger partial charge in [0.15, 0.2) is 12.3 Å². The number of carbonyl (C=O) groups is 3. The molecular formula is C22H21ClN2O4S2. The van der Waals surface area contributed by atoms with Gasteiger partial charge in [0.25, 0.3) is 0 Å². The number of nitrogens with one attached hydrogen (secondary N) is 1. The minimum absolute atomic E-state index is 0.0666. The minimum atomic E-state index is -0.660. The Hall–Kier alpha value is -2.55. The number of halogens is 1. The number of carbonyl (C=O) groups excluding carboxylic acids is 3. The lowest BCUT2D eigenvalue weighted by atomic mass is 9.96. The van der Waals surface area contributed by atoms with E-state index in [1.165, 1.54) is 22.7 Å². The van der Waals surface area contributed by atoms with Crippen LogP contribution in [0.5, 0.6) is 0 Å². The molecule has 0 atom stereocenters. The van der Waals surface area contributed by atoms with Crippen LogP contribution in [-0.2, 0) is 16.1 Å². The van der Waals surface area contributed by atoms with Crippen LogP contribution in [0.15, 0.2) is 41.8 Å². The van der Waals surface area contributed by atoms with Gasteiger partial charge in [-0.3, -0.25) is 9.59 Å². The molecule has 1 aromatic carbocycles. The number of benzene rings is 1. The molecule has 0 saturated heterocycles. The normalized spacial score (nSPS) is 11.2. The van der Waals surface area contributed by atoms with Crippen molar-refractivity contribution in [2.75, 3.05) is 6.61 Å². The number of amides is 1. The fourth-order valence-corrected chi connectivity index (χ4v) is 4.30. The minimum Gasteiger partial charge on any atom is -0.453 e. The van der Waals surface area contributed by atoms with Crippen LogP contribution in [-0.4, -0.2) is 29.3 Å². The number of aromatic nitrogens is 1. The van der Waals surface area contributed by atoms with Crippen LogP contribution in [0.25, 0.3) is 10.6 Å². The van der Waals surface area contributed by atoms with E-state index in [1.54, 1.807) is 35.7 Å². The van der Waals surface area contributed by atoms with Crippen molar-refractivity contribution in [2.45, 2.75) is 27.3 Å². The standard InChI is InChI=1S/C22H21ClN2O4S2/c1-22(2,3)21(28)24-10-15-7-8-18(31-15)17(26)11-29-20(27)16-12-30-19(25-16)13-5-4-6-14(23)9-13/h4-9,12H,10-11H2,1-3H3,(H,24,28). The van der Waals surface area contributed by atoms with Crippen molar-refractivity contribution < 1.29 is 19.1 Å². The Kier molecular flexibility index (Phi) is 7.25. The Morgan fingerprint density at radius 3 is 2.65 bits per heavy atom. The van der Waals surface area contributed by atoms with E-state index in [0.717, 1.165) is 10.4 Å². The van der Waals surface area contributed by atoms with Crippen molar-refractivity contribution in [2.24, 2.45) is 5.41 Å². The van der Waals surface area contributed by atoms with Crippen molar-refractivity contribution in [3.63, 3.8) is 0 Å². The number of esters is 1. The zero-order valence-corrected chi connectivity index (χ0v) is 19.6. The van der Waals surface area contributed by atoms with Crippen LogP contribution in [0.3, 0.4) is 0 Å². The molecule has 0 bridgehead atoms. The van der Waals surface area contributed by atoms with Gasteiger partial charge in [0, 0.05) is 26.3 Å². The topological polar surface area (TPSA) is 85.4 Å². The summed E-state index contributed by atoms with van der Waals surface area (Å²) < 4.78 is 5.14. The fourth-order valence-electron chi connectivity index (χ4n) is 2.45. The number of rotatable bonds is 7. The molecule has 0 saturated carbocycles. The first kappa shape index (κ1) is 23.1. The number of ketones is 1. The van der Waals surface area contributed by atoms with Crippen LogP contribution in [0.1, 0.15) is 45.8 Å². The summed E-state index contributed by atoms with van der Waals surface area (Å²) in [7, 11) is 0. The molecule has 0 aliphatic carbocycles. The first-order valence-corrected chi connectivity index (χ1v) is 11.5. The second-order valence-electron chi connectivity index (χ2n) is 7.75. The average Bonchev–Trinajstić information content (AvgIpc) is 3.39. The second-order valence-corrected chi connectivity index (χ2v) is 10.2. The third kappa shape index (κ3) is 6.22. The van der Waals surface area contributed by atoms with E-state index < -0.39 is 11.4 Å². The van der Waals surface area contributed by atoms with E-state index in [4.69, 9.17) is 16.3 Å². The predicted molar refractivity (Wildman–Crippen MR) is 123 cm³/mol. The Morgan fingerprint density at radius 2 is 1.94 bits per heavy atom. The van der Waals surface area contributed by atoms with Gasteiger partial charge < -0.3 is 10.1 Å². The highest BCUT2D eigenvalue weighted by Crippen LogP contribution is 2.26. The predicted octanol–water partition coefficient (Wildman–Crippen LogP) is 5.23. The lowest BCUT2D eigenvalue weighted by Gasteiger charge is -2.17. The molecule has 1 N–H and O–H groups in total. The van der Waals surface area contributed by atoms with E-state index in [2.05, 4.69) is 10.3 Å². The zero-order chi connectivity index (χ0) is 22.6. The summed E-state index contributed by atoms with van der Waals surface area (Å²) in [5.41, 5.74) is 0.466. The maximum Gasteiger partial charge on any atom is 0.358 e. The third-order valence-electron chi connectivity index (χ3n) is 4.16. The number of hydrogen-bond donors (Lipinski definition) is 1. The smallest absolute Gasteiger partial charge is 0.358 e. The highest BCUT2D eigenvalue weighted by molar-refractivity contribution is 7.14. The van der Waals surface area contributed by atoms with Crippen molar-refractivity contribution in [1.82, 2.24) is 10.3 Å². The van der Waals surface area contributed by atoms with Gasteiger partial charge >= 0.3 is 5.97 Å². The van der Waals surface area contributed by atoms with E-state index in [-0.39, 0.29) is 24.0 Å². The molecule has 2 heterocycles. The van der Waals surface area contributed by atoms with Gasteiger partial charge in [0.05, 0.1) is 11.4 Å². The maximum absolute atomic E-state index is 12.4. The van der Waals surface area contributed by atoms with Crippen molar-refractivity contribution >= 4 is 51.9 Å². The molecular weight excluding hydrogens is 456 g/mol. The summed E-state index contributed by atoms with van der Waals surface area (Å²) in [6, 6.07) is 10.6. The Bertz CT molecular complexity index is 1110. The van der Waals surface area contributed by atoms with Crippen molar-refractivity contribution in [3.05, 3.63) is 62.2 Å². The Balaban J connectivity index is 1.54. The Morgan fingerprint density at radius 1 is 1.16 bits per heavy atom. The molecule has 0 aliphatic rings. The van der Waals surface area contributed by atoms with Crippen LogP contribution in [0.2, 0.25) is 5.02 Å². The number of thiophene rings is 1. The highest BCUT2D eigenvalue weighted by Gasteiger charge is 2.21. The molecule has 0 fully saturated rings. The van der Waals surface area contributed by atoms with E-state index >= 15 is 0 Å². The van der Waals surface area contributed by atoms with Gasteiger partial charge in [-0.25, -0.2) is 9.78 Å². The first-order valence-electron chi connectivity index (χ1n) is 9.42. The molecule has 2 aromatic heterocycles. The average molecular weight is 477 g/mol. The van der Waals surface area contributed by atoms with Crippen LogP contribution < -0.4 is 5.32 Å². The SMILES string of the molecule is CC(C)(C)C(=O)NCc1ccc(C(=O)COC(=O)c2csc(-c3cccc(Cl)c3)n2)s1. The van der Waals surface area contributed by atoms with Crippen LogP contribution in [0.4, 0.5) is 0 Å². The largest absolute Gasteiger partial charge is 0.453 e. The molecule has 9 heteroatoms. The molecule has 3 rings (SSSR count).